The number of rotatable bonds is 6. The van der Waals surface area contributed by atoms with Crippen molar-refractivity contribution in [1.82, 2.24) is 0 Å². The van der Waals surface area contributed by atoms with E-state index >= 15 is 0 Å². The van der Waals surface area contributed by atoms with Gasteiger partial charge in [0.15, 0.2) is 0 Å². The van der Waals surface area contributed by atoms with Crippen LogP contribution in [-0.2, 0) is 14.8 Å². The van der Waals surface area contributed by atoms with Gasteiger partial charge in [-0.1, -0.05) is 6.07 Å². The molecule has 134 valence electrons. The number of anilines is 2. The van der Waals surface area contributed by atoms with E-state index in [2.05, 4.69) is 27.9 Å². The van der Waals surface area contributed by atoms with E-state index in [0.717, 1.165) is 19.7 Å². The largest absolute Gasteiger partial charge is 0.497 e. The number of ether oxygens (including phenoxy) is 1. The lowest BCUT2D eigenvalue weighted by Crippen LogP contribution is -2.37. The van der Waals surface area contributed by atoms with E-state index in [1.54, 1.807) is 30.3 Å². The molecule has 2 rings (SSSR count). The maximum Gasteiger partial charge on any atom is 0.245 e. The summed E-state index contributed by atoms with van der Waals surface area (Å²) >= 11 is 2.19. The molecule has 6 nitrogen and oxygen atoms in total. The highest BCUT2D eigenvalue weighted by Crippen LogP contribution is 2.23. The molecule has 0 aliphatic heterocycles. The highest BCUT2D eigenvalue weighted by atomic mass is 127. The first-order valence-corrected chi connectivity index (χ1v) is 10.3. The second kappa shape index (κ2) is 8.05. The molecule has 1 N–H and O–H groups in total. The van der Waals surface area contributed by atoms with Crippen molar-refractivity contribution in [3.63, 3.8) is 0 Å². The van der Waals surface area contributed by atoms with Gasteiger partial charge in [-0.05, 0) is 65.4 Å². The van der Waals surface area contributed by atoms with Crippen LogP contribution in [0.2, 0.25) is 0 Å². The van der Waals surface area contributed by atoms with Crippen molar-refractivity contribution in [3.05, 3.63) is 51.6 Å². The quantitative estimate of drug-likeness (QED) is 0.654. The molecule has 25 heavy (non-hydrogen) atoms. The van der Waals surface area contributed by atoms with Crippen molar-refractivity contribution in [3.8, 4) is 5.75 Å². The maximum absolute atomic E-state index is 12.4. The van der Waals surface area contributed by atoms with Gasteiger partial charge in [-0.25, -0.2) is 8.42 Å². The molecule has 0 fully saturated rings. The number of hydrogen-bond acceptors (Lipinski definition) is 4. The topological polar surface area (TPSA) is 75.7 Å². The maximum atomic E-state index is 12.4. The van der Waals surface area contributed by atoms with E-state index in [1.807, 2.05) is 19.1 Å². The number of nitrogens with zero attached hydrogens (tertiary/aromatic N) is 1. The van der Waals surface area contributed by atoms with Gasteiger partial charge in [0.05, 0.1) is 19.1 Å². The first-order valence-electron chi connectivity index (χ1n) is 7.38. The van der Waals surface area contributed by atoms with Crippen LogP contribution < -0.4 is 14.4 Å². The van der Waals surface area contributed by atoms with Crippen molar-refractivity contribution in [1.29, 1.82) is 0 Å². The number of benzene rings is 2. The van der Waals surface area contributed by atoms with E-state index in [1.165, 1.54) is 7.11 Å². The number of hydrogen-bond donors (Lipinski definition) is 1. The predicted octanol–water partition coefficient (Wildman–Crippen LogP) is 3.01. The summed E-state index contributed by atoms with van der Waals surface area (Å²) in [6.07, 6.45) is 1.07. The highest BCUT2D eigenvalue weighted by Gasteiger charge is 2.21. The van der Waals surface area contributed by atoms with Crippen LogP contribution >= 0.6 is 22.6 Å². The van der Waals surface area contributed by atoms with Gasteiger partial charge in [-0.2, -0.15) is 0 Å². The fourth-order valence-corrected chi connectivity index (χ4v) is 3.75. The third-order valence-electron chi connectivity index (χ3n) is 3.49. The summed E-state index contributed by atoms with van der Waals surface area (Å²) in [5.41, 5.74) is 1.94. The molecule has 0 spiro atoms. The predicted molar refractivity (Wildman–Crippen MR) is 108 cm³/mol. The zero-order valence-corrected chi connectivity index (χ0v) is 17.1. The fraction of sp³-hybridized carbons (Fsp3) is 0.235. The van der Waals surface area contributed by atoms with Gasteiger partial charge in [0.25, 0.3) is 0 Å². The van der Waals surface area contributed by atoms with E-state index < -0.39 is 15.9 Å². The lowest BCUT2D eigenvalue weighted by atomic mass is 10.2. The molecule has 0 aliphatic carbocycles. The third-order valence-corrected chi connectivity index (χ3v) is 5.30. The number of sulfonamides is 1. The van der Waals surface area contributed by atoms with Crippen molar-refractivity contribution < 1.29 is 17.9 Å². The molecule has 0 atom stereocenters. The van der Waals surface area contributed by atoms with Crippen molar-refractivity contribution in [2.45, 2.75) is 6.92 Å². The lowest BCUT2D eigenvalue weighted by Gasteiger charge is -2.22. The zero-order valence-electron chi connectivity index (χ0n) is 14.1. The Bertz CT molecular complexity index is 884. The monoisotopic (exact) mass is 474 g/mol. The Morgan fingerprint density at radius 1 is 1.24 bits per heavy atom. The van der Waals surface area contributed by atoms with Crippen molar-refractivity contribution >= 4 is 49.9 Å². The normalized spacial score (nSPS) is 11.0. The molecule has 8 heteroatoms. The van der Waals surface area contributed by atoms with Gasteiger partial charge >= 0.3 is 0 Å². The smallest absolute Gasteiger partial charge is 0.245 e. The number of carbonyl (C=O) groups is 1. The minimum absolute atomic E-state index is 0.322. The van der Waals surface area contributed by atoms with Gasteiger partial charge in [0.1, 0.15) is 12.3 Å². The summed E-state index contributed by atoms with van der Waals surface area (Å²) in [4.78, 5) is 12.4. The van der Waals surface area contributed by atoms with E-state index in [9.17, 15) is 13.2 Å². The molecular formula is C17H19IN2O4S. The number of halogens is 1. The summed E-state index contributed by atoms with van der Waals surface area (Å²) in [7, 11) is -2.14. The average Bonchev–Trinajstić information content (AvgIpc) is 2.54. The molecule has 0 heterocycles. The first-order chi connectivity index (χ1) is 11.7. The molecule has 0 bridgehead atoms. The van der Waals surface area contributed by atoms with Crippen LogP contribution in [0.4, 0.5) is 11.4 Å². The van der Waals surface area contributed by atoms with Crippen LogP contribution in [0.25, 0.3) is 0 Å². The number of methoxy groups -OCH3 is 1. The molecule has 0 saturated heterocycles. The summed E-state index contributed by atoms with van der Waals surface area (Å²) < 4.78 is 31.5. The molecule has 0 saturated carbocycles. The highest BCUT2D eigenvalue weighted by molar-refractivity contribution is 14.1. The van der Waals surface area contributed by atoms with Crippen molar-refractivity contribution in [2.24, 2.45) is 0 Å². The fourth-order valence-electron chi connectivity index (χ4n) is 2.25. The number of aryl methyl sites for hydroxylation is 1. The SMILES string of the molecule is COc1cccc(N(CC(=O)Nc2ccc(I)cc2C)S(C)(=O)=O)c1. The van der Waals surface area contributed by atoms with Gasteiger partial charge in [0.2, 0.25) is 15.9 Å². The average molecular weight is 474 g/mol. The summed E-state index contributed by atoms with van der Waals surface area (Å²) in [6, 6.07) is 12.2. The zero-order chi connectivity index (χ0) is 18.6. The molecule has 2 aromatic carbocycles. The van der Waals surface area contributed by atoms with Gasteiger partial charge in [0, 0.05) is 15.3 Å². The second-order valence-electron chi connectivity index (χ2n) is 5.48. The lowest BCUT2D eigenvalue weighted by molar-refractivity contribution is -0.114. The van der Waals surface area contributed by atoms with Gasteiger partial charge < -0.3 is 10.1 Å². The number of amides is 1. The van der Waals surface area contributed by atoms with E-state index in [0.29, 0.717) is 17.1 Å². The molecule has 2 aromatic rings. The van der Waals surface area contributed by atoms with Crippen LogP contribution in [0, 0.1) is 10.5 Å². The minimum atomic E-state index is -3.63. The third kappa shape index (κ3) is 5.33. The Balaban J connectivity index is 2.23. The van der Waals surface area contributed by atoms with E-state index in [-0.39, 0.29) is 6.54 Å². The Labute approximate surface area is 161 Å². The van der Waals surface area contributed by atoms with Crippen LogP contribution in [0.5, 0.6) is 5.75 Å². The molecule has 0 aliphatic rings. The summed E-state index contributed by atoms with van der Waals surface area (Å²) in [6.45, 7) is 1.56. The van der Waals surface area contributed by atoms with Crippen LogP contribution in [-0.4, -0.2) is 34.2 Å². The Kier molecular flexibility index (Phi) is 6.28. The number of carbonyl (C=O) groups excluding carboxylic acids is 1. The molecular weight excluding hydrogens is 455 g/mol. The molecule has 1 amide bonds. The van der Waals surface area contributed by atoms with Gasteiger partial charge in [-0.15, -0.1) is 0 Å². The Morgan fingerprint density at radius 3 is 2.56 bits per heavy atom. The Morgan fingerprint density at radius 2 is 1.96 bits per heavy atom. The summed E-state index contributed by atoms with van der Waals surface area (Å²) in [5, 5.41) is 2.76. The minimum Gasteiger partial charge on any atom is -0.497 e. The molecule has 0 radical (unpaired) electrons. The van der Waals surface area contributed by atoms with Crippen LogP contribution in [0.3, 0.4) is 0 Å². The van der Waals surface area contributed by atoms with Gasteiger partial charge in [-0.3, -0.25) is 9.10 Å². The molecule has 0 aromatic heterocycles. The number of nitrogens with one attached hydrogen (secondary N) is 1. The van der Waals surface area contributed by atoms with Crippen LogP contribution in [0.15, 0.2) is 42.5 Å². The summed E-state index contributed by atoms with van der Waals surface area (Å²) in [5.74, 6) is 0.0950. The molecule has 0 unspecified atom stereocenters. The standard InChI is InChI=1S/C17H19IN2O4S/c1-12-9-13(18)7-8-16(12)19-17(21)11-20(25(3,22)23)14-5-4-6-15(10-14)24-2/h4-10H,11H2,1-3H3,(H,19,21). The van der Waals surface area contributed by atoms with Crippen LogP contribution in [0.1, 0.15) is 5.56 Å². The van der Waals surface area contributed by atoms with E-state index in [4.69, 9.17) is 4.74 Å². The van der Waals surface area contributed by atoms with Crippen molar-refractivity contribution in [2.75, 3.05) is 29.5 Å². The second-order valence-corrected chi connectivity index (χ2v) is 8.63. The Hall–Kier alpha value is -1.81. The first kappa shape index (κ1) is 19.5.